The summed E-state index contributed by atoms with van der Waals surface area (Å²) in [6.45, 7) is 0. The van der Waals surface area contributed by atoms with Gasteiger partial charge < -0.3 is 4.55 Å². The quantitative estimate of drug-likeness (QED) is 0.417. The van der Waals surface area contributed by atoms with Gasteiger partial charge in [-0.1, -0.05) is 11.1 Å². The van der Waals surface area contributed by atoms with Crippen molar-refractivity contribution < 1.29 is 13.2 Å². The molecule has 4 heteroatoms. The monoisotopic (exact) mass is 113 g/mol. The van der Waals surface area contributed by atoms with Crippen molar-refractivity contribution in [2.75, 3.05) is 13.4 Å². The number of rotatable bonds is 0. The first-order chi connectivity index (χ1) is 2.73. The summed E-state index contributed by atoms with van der Waals surface area (Å²) in [6, 6.07) is 0. The molecule has 0 saturated carbocycles. The molecule has 0 aliphatic carbocycles. The smallest absolute Gasteiger partial charge is 0.0785 e. The lowest BCUT2D eigenvalue weighted by Gasteiger charge is -1.85. The molecule has 0 N–H and O–H groups in total. The lowest BCUT2D eigenvalue weighted by molar-refractivity contribution is 0.543. The molecule has 0 heterocycles. The van der Waals surface area contributed by atoms with Crippen molar-refractivity contribution in [1.82, 2.24) is 0 Å². The molecule has 0 aliphatic rings. The van der Waals surface area contributed by atoms with Gasteiger partial charge in [0, 0.05) is 0 Å². The van der Waals surface area contributed by atoms with E-state index in [1.54, 1.807) is 0 Å². The number of alkyl halides is 1. The molecule has 1 atom stereocenters. The molecule has 0 rings (SSSR count). The van der Waals surface area contributed by atoms with Crippen LogP contribution in [0.1, 0.15) is 0 Å². The average molecular weight is 113 g/mol. The first-order valence-electron chi connectivity index (χ1n) is 1.12. The molecule has 0 bridgehead atoms. The molecule has 2 nitrogen and oxygen atoms in total. The fraction of sp³-hybridized carbons (Fsp3) is 1.00. The van der Waals surface area contributed by atoms with Gasteiger partial charge in [0.2, 0.25) is 0 Å². The highest BCUT2D eigenvalue weighted by Crippen LogP contribution is 1.45. The van der Waals surface area contributed by atoms with Crippen LogP contribution in [0.3, 0.4) is 0 Å². The molecule has 0 fully saturated rings. The fourth-order valence-electron chi connectivity index (χ4n) is 0. The fourth-order valence-corrected chi connectivity index (χ4v) is 0. The highest BCUT2D eigenvalue weighted by Gasteiger charge is 1.41. The van der Waals surface area contributed by atoms with E-state index in [-0.39, 0.29) is 0 Å². The largest absolute Gasteiger partial charge is 0.773 e. The lowest BCUT2D eigenvalue weighted by atomic mass is 11.9. The first-order valence-corrected chi connectivity index (χ1v) is 2.60. The van der Waals surface area contributed by atoms with Crippen molar-refractivity contribution in [2.24, 2.45) is 0 Å². The summed E-state index contributed by atoms with van der Waals surface area (Å²) in [6.07, 6.45) is 1.08. The van der Waals surface area contributed by atoms with Crippen molar-refractivity contribution in [3.8, 4) is 0 Å². The van der Waals surface area contributed by atoms with Gasteiger partial charge in [-0.25, -0.2) is 0 Å². The molecule has 0 aromatic heterocycles. The third kappa shape index (κ3) is 23300. The van der Waals surface area contributed by atoms with Crippen LogP contribution < -0.4 is 0 Å². The maximum atomic E-state index is 9.50. The molecule has 0 aromatic carbocycles. The zero-order valence-corrected chi connectivity index (χ0v) is 4.42. The standard InChI is InChI=1S/CH3F.CH4O2S/c1-2;1-4(2)3/h1H3;1H3,(H,2,3)/p-1. The Morgan fingerprint density at radius 1 is 1.67 bits per heavy atom. The minimum absolute atomic E-state index is 0.500. The molecule has 0 aromatic rings. The van der Waals surface area contributed by atoms with Crippen molar-refractivity contribution in [1.29, 1.82) is 0 Å². The van der Waals surface area contributed by atoms with E-state index in [0.717, 1.165) is 6.26 Å². The zero-order chi connectivity index (χ0) is 5.58. The van der Waals surface area contributed by atoms with Crippen LogP contribution in [0.25, 0.3) is 0 Å². The SMILES string of the molecule is CF.CS(=O)[O-]. The summed E-state index contributed by atoms with van der Waals surface area (Å²) in [5.41, 5.74) is 0. The molecule has 0 saturated heterocycles. The van der Waals surface area contributed by atoms with E-state index in [9.17, 15) is 4.39 Å². The molecule has 0 amide bonds. The highest BCUT2D eigenvalue weighted by molar-refractivity contribution is 7.78. The maximum absolute atomic E-state index is 9.50. The summed E-state index contributed by atoms with van der Waals surface area (Å²) in [7, 11) is 0.500. The van der Waals surface area contributed by atoms with Crippen LogP contribution in [0.5, 0.6) is 0 Å². The minimum Gasteiger partial charge on any atom is -0.773 e. The second kappa shape index (κ2) is 8.90. The molecule has 6 heavy (non-hydrogen) atoms. The van der Waals surface area contributed by atoms with Crippen LogP contribution in [0.2, 0.25) is 0 Å². The van der Waals surface area contributed by atoms with Gasteiger partial charge in [0.1, 0.15) is 0 Å². The Morgan fingerprint density at radius 2 is 1.67 bits per heavy atom. The summed E-state index contributed by atoms with van der Waals surface area (Å²) < 4.78 is 27.5. The Morgan fingerprint density at radius 3 is 1.67 bits per heavy atom. The van der Waals surface area contributed by atoms with Crippen LogP contribution in [-0.2, 0) is 11.1 Å². The summed E-state index contributed by atoms with van der Waals surface area (Å²) in [5.74, 6) is 0. The van der Waals surface area contributed by atoms with E-state index in [0.29, 0.717) is 7.18 Å². The Hall–Kier alpha value is 0.0400. The number of hydrogen-bond acceptors (Lipinski definition) is 2. The normalized spacial score (nSPS) is 11.3. The third-order valence-corrected chi connectivity index (χ3v) is 0. The number of halogens is 1. The van der Waals surface area contributed by atoms with Gasteiger partial charge in [-0.2, -0.15) is 0 Å². The van der Waals surface area contributed by atoms with Crippen molar-refractivity contribution >= 4 is 11.1 Å². The van der Waals surface area contributed by atoms with Crippen LogP contribution in [-0.4, -0.2) is 22.2 Å². The van der Waals surface area contributed by atoms with Gasteiger partial charge in [-0.15, -0.1) is 0 Å². The van der Waals surface area contributed by atoms with Gasteiger partial charge in [-0.3, -0.25) is 8.60 Å². The second-order valence-electron chi connectivity index (χ2n) is 0.401. The first kappa shape index (κ1) is 9.40. The third-order valence-electron chi connectivity index (χ3n) is 0. The van der Waals surface area contributed by atoms with Crippen LogP contribution in [0.4, 0.5) is 4.39 Å². The Labute approximate surface area is 38.7 Å². The summed E-state index contributed by atoms with van der Waals surface area (Å²) in [4.78, 5) is 0. The zero-order valence-electron chi connectivity index (χ0n) is 3.60. The highest BCUT2D eigenvalue weighted by atomic mass is 32.2. The van der Waals surface area contributed by atoms with E-state index in [1.807, 2.05) is 0 Å². The Bertz CT molecular complexity index is 34.5. The van der Waals surface area contributed by atoms with Gasteiger partial charge in [0.25, 0.3) is 0 Å². The molecular weight excluding hydrogens is 107 g/mol. The van der Waals surface area contributed by atoms with E-state index in [4.69, 9.17) is 8.76 Å². The topological polar surface area (TPSA) is 40.1 Å². The number of hydrogen-bond donors (Lipinski definition) is 0. The molecule has 1 unspecified atom stereocenters. The summed E-state index contributed by atoms with van der Waals surface area (Å²) in [5, 5.41) is 0. The lowest BCUT2D eigenvalue weighted by Crippen LogP contribution is -1.73. The van der Waals surface area contributed by atoms with E-state index in [1.165, 1.54) is 0 Å². The molecule has 0 radical (unpaired) electrons. The summed E-state index contributed by atoms with van der Waals surface area (Å²) >= 11 is -1.86. The molecule has 40 valence electrons. The molecular formula is C2H6FO2S-. The van der Waals surface area contributed by atoms with Crippen LogP contribution in [0, 0.1) is 0 Å². The van der Waals surface area contributed by atoms with Gasteiger partial charge in [0.15, 0.2) is 0 Å². The van der Waals surface area contributed by atoms with Crippen molar-refractivity contribution in [2.45, 2.75) is 0 Å². The van der Waals surface area contributed by atoms with Gasteiger partial charge in [0.05, 0.1) is 7.18 Å². The van der Waals surface area contributed by atoms with Crippen LogP contribution >= 0.6 is 0 Å². The van der Waals surface area contributed by atoms with Gasteiger partial charge >= 0.3 is 0 Å². The molecule has 0 aliphatic heterocycles. The second-order valence-corrected chi connectivity index (χ2v) is 1.20. The predicted octanol–water partition coefficient (Wildman–Crippen LogP) is 0.0810. The molecule has 0 spiro atoms. The van der Waals surface area contributed by atoms with Crippen molar-refractivity contribution in [3.63, 3.8) is 0 Å². The van der Waals surface area contributed by atoms with Crippen molar-refractivity contribution in [3.05, 3.63) is 0 Å². The minimum atomic E-state index is -1.86. The van der Waals surface area contributed by atoms with Crippen LogP contribution in [0.15, 0.2) is 0 Å². The Kier molecular flexibility index (Phi) is 13.9. The maximum Gasteiger partial charge on any atom is 0.0785 e. The average Bonchev–Trinajstić information content (AvgIpc) is 1.41. The predicted molar refractivity (Wildman–Crippen MR) is 21.9 cm³/mol. The van der Waals surface area contributed by atoms with E-state index in [2.05, 4.69) is 0 Å². The van der Waals surface area contributed by atoms with E-state index >= 15 is 0 Å². The van der Waals surface area contributed by atoms with Gasteiger partial charge in [-0.05, 0) is 6.26 Å². The van der Waals surface area contributed by atoms with E-state index < -0.39 is 11.1 Å². The Balaban J connectivity index is 0.